The monoisotopic (exact) mass is 496 g/mol. The highest BCUT2D eigenvalue weighted by atomic mass is 35.5. The Hall–Kier alpha value is -2.25. The van der Waals surface area contributed by atoms with E-state index >= 15 is 0 Å². The molecule has 0 heterocycles. The fourth-order valence-corrected chi connectivity index (χ4v) is 4.98. The Morgan fingerprint density at radius 2 is 1.48 bits per heavy atom. The van der Waals surface area contributed by atoms with Gasteiger partial charge in [-0.3, -0.25) is 9.10 Å². The predicted molar refractivity (Wildman–Crippen MR) is 127 cm³/mol. The highest BCUT2D eigenvalue weighted by Gasteiger charge is 2.28. The van der Waals surface area contributed by atoms with Crippen molar-refractivity contribution in [3.05, 3.63) is 86.9 Å². The van der Waals surface area contributed by atoms with E-state index in [0.29, 0.717) is 10.7 Å². The van der Waals surface area contributed by atoms with Gasteiger partial charge in [-0.05, 0) is 61.9 Å². The number of nitrogens with one attached hydrogen (secondary N) is 1. The quantitative estimate of drug-likeness (QED) is 0.447. The molecule has 0 unspecified atom stereocenters. The maximum Gasteiger partial charge on any atom is 0.264 e. The Labute approximate surface area is 196 Å². The number of hydrogen-bond acceptors (Lipinski definition) is 3. The third-order valence-electron chi connectivity index (χ3n) is 4.51. The minimum Gasteiger partial charge on any atom is -0.324 e. The van der Waals surface area contributed by atoms with Gasteiger partial charge >= 0.3 is 0 Å². The molecule has 1 N–H and O–H groups in total. The molecule has 0 aliphatic rings. The topological polar surface area (TPSA) is 66.5 Å². The number of carbonyl (C=O) groups is 1. The summed E-state index contributed by atoms with van der Waals surface area (Å²) in [5.74, 6) is -0.544. The van der Waals surface area contributed by atoms with Crippen LogP contribution in [0.25, 0.3) is 0 Å². The SMILES string of the molecule is Cc1ccc(S(=O)(=O)N(CC(=O)Nc2cc(Cl)ccc2C)c2cc(Cl)cc(Cl)c2)cc1. The molecule has 0 atom stereocenters. The Morgan fingerprint density at radius 3 is 2.10 bits per heavy atom. The van der Waals surface area contributed by atoms with Crippen LogP contribution in [0.2, 0.25) is 15.1 Å². The van der Waals surface area contributed by atoms with Crippen LogP contribution in [0.4, 0.5) is 11.4 Å². The Kier molecular flexibility index (Phi) is 7.17. The van der Waals surface area contributed by atoms with Gasteiger partial charge in [0.05, 0.1) is 10.6 Å². The van der Waals surface area contributed by atoms with Crippen molar-refractivity contribution in [1.82, 2.24) is 0 Å². The summed E-state index contributed by atoms with van der Waals surface area (Å²) in [6.07, 6.45) is 0. The largest absolute Gasteiger partial charge is 0.324 e. The van der Waals surface area contributed by atoms with E-state index < -0.39 is 22.5 Å². The highest BCUT2D eigenvalue weighted by Crippen LogP contribution is 2.30. The summed E-state index contributed by atoms with van der Waals surface area (Å²) in [4.78, 5) is 12.9. The first-order valence-electron chi connectivity index (χ1n) is 9.18. The van der Waals surface area contributed by atoms with Gasteiger partial charge in [0.15, 0.2) is 0 Å². The molecule has 0 saturated heterocycles. The van der Waals surface area contributed by atoms with E-state index in [0.717, 1.165) is 15.4 Å². The standard InChI is InChI=1S/C22H19Cl3N2O3S/c1-14-3-7-20(8-4-14)31(29,30)27(19-10-17(24)9-18(25)11-19)13-22(28)26-21-12-16(23)6-5-15(21)2/h3-12H,13H2,1-2H3,(H,26,28). The van der Waals surface area contributed by atoms with E-state index in [1.165, 1.54) is 30.3 Å². The number of amides is 1. The van der Waals surface area contributed by atoms with E-state index in [1.807, 2.05) is 13.8 Å². The maximum absolute atomic E-state index is 13.4. The van der Waals surface area contributed by atoms with E-state index in [1.54, 1.807) is 30.3 Å². The number of anilines is 2. The zero-order valence-electron chi connectivity index (χ0n) is 16.7. The first-order chi connectivity index (χ1) is 14.6. The van der Waals surface area contributed by atoms with E-state index in [-0.39, 0.29) is 20.6 Å². The zero-order valence-corrected chi connectivity index (χ0v) is 19.8. The average molecular weight is 498 g/mol. The maximum atomic E-state index is 13.4. The van der Waals surface area contributed by atoms with Gasteiger partial charge < -0.3 is 5.32 Å². The molecule has 1 amide bonds. The van der Waals surface area contributed by atoms with Crippen LogP contribution in [0.3, 0.4) is 0 Å². The van der Waals surface area contributed by atoms with Crippen molar-refractivity contribution < 1.29 is 13.2 Å². The molecule has 3 aromatic carbocycles. The van der Waals surface area contributed by atoms with Crippen LogP contribution in [0, 0.1) is 13.8 Å². The molecular formula is C22H19Cl3N2O3S. The summed E-state index contributed by atoms with van der Waals surface area (Å²) in [6.45, 7) is 3.17. The minimum atomic E-state index is -4.08. The van der Waals surface area contributed by atoms with Gasteiger partial charge in [0.1, 0.15) is 6.54 Å². The summed E-state index contributed by atoms with van der Waals surface area (Å²) in [5, 5.41) is 3.66. The minimum absolute atomic E-state index is 0.0425. The third-order valence-corrected chi connectivity index (χ3v) is 6.96. The molecule has 0 bridgehead atoms. The molecule has 31 heavy (non-hydrogen) atoms. The molecular weight excluding hydrogens is 479 g/mol. The van der Waals surface area contributed by atoms with Crippen LogP contribution >= 0.6 is 34.8 Å². The fraction of sp³-hybridized carbons (Fsp3) is 0.136. The van der Waals surface area contributed by atoms with Crippen LogP contribution in [0.1, 0.15) is 11.1 Å². The number of hydrogen-bond donors (Lipinski definition) is 1. The lowest BCUT2D eigenvalue weighted by Gasteiger charge is -2.25. The number of benzene rings is 3. The van der Waals surface area contributed by atoms with Crippen molar-refractivity contribution in [2.45, 2.75) is 18.7 Å². The summed E-state index contributed by atoms with van der Waals surface area (Å²) in [6, 6.07) is 15.8. The van der Waals surface area contributed by atoms with Gasteiger partial charge in [0.25, 0.3) is 10.0 Å². The van der Waals surface area contributed by atoms with E-state index in [4.69, 9.17) is 34.8 Å². The van der Waals surface area contributed by atoms with E-state index in [2.05, 4.69) is 5.32 Å². The van der Waals surface area contributed by atoms with Gasteiger partial charge in [-0.15, -0.1) is 0 Å². The fourth-order valence-electron chi connectivity index (χ4n) is 2.88. The van der Waals surface area contributed by atoms with E-state index in [9.17, 15) is 13.2 Å². The summed E-state index contributed by atoms with van der Waals surface area (Å²) < 4.78 is 27.8. The number of halogens is 3. The lowest BCUT2D eigenvalue weighted by Crippen LogP contribution is -2.38. The average Bonchev–Trinajstić information content (AvgIpc) is 2.68. The number of aryl methyl sites for hydroxylation is 2. The molecule has 0 aliphatic heterocycles. The normalized spacial score (nSPS) is 11.3. The van der Waals surface area contributed by atoms with Crippen LogP contribution in [0.15, 0.2) is 65.6 Å². The summed E-state index contributed by atoms with van der Waals surface area (Å²) in [7, 11) is -4.08. The number of carbonyl (C=O) groups excluding carboxylic acids is 1. The molecule has 5 nitrogen and oxygen atoms in total. The van der Waals surface area contributed by atoms with Crippen molar-refractivity contribution in [3.63, 3.8) is 0 Å². The van der Waals surface area contributed by atoms with Crippen molar-refractivity contribution in [1.29, 1.82) is 0 Å². The molecule has 9 heteroatoms. The summed E-state index contributed by atoms with van der Waals surface area (Å²) in [5.41, 5.74) is 2.37. The number of rotatable bonds is 6. The predicted octanol–water partition coefficient (Wildman–Crippen LogP) is 6.10. The molecule has 0 fully saturated rings. The number of nitrogens with zero attached hydrogens (tertiary/aromatic N) is 1. The van der Waals surface area contributed by atoms with Gasteiger partial charge in [-0.1, -0.05) is 58.6 Å². The van der Waals surface area contributed by atoms with Crippen molar-refractivity contribution in [2.24, 2.45) is 0 Å². The van der Waals surface area contributed by atoms with Gasteiger partial charge in [0.2, 0.25) is 5.91 Å². The smallest absolute Gasteiger partial charge is 0.264 e. The highest BCUT2D eigenvalue weighted by molar-refractivity contribution is 7.92. The Balaban J connectivity index is 2.00. The molecule has 0 aromatic heterocycles. The molecule has 3 aromatic rings. The Morgan fingerprint density at radius 1 is 0.871 bits per heavy atom. The molecule has 0 spiro atoms. The van der Waals surface area contributed by atoms with Crippen molar-refractivity contribution in [3.8, 4) is 0 Å². The van der Waals surface area contributed by atoms with Gasteiger partial charge in [0, 0.05) is 20.8 Å². The second kappa shape index (κ2) is 9.49. The second-order valence-electron chi connectivity index (χ2n) is 6.96. The zero-order chi connectivity index (χ0) is 22.8. The lowest BCUT2D eigenvalue weighted by atomic mass is 10.2. The first kappa shape index (κ1) is 23.4. The second-order valence-corrected chi connectivity index (χ2v) is 10.1. The molecule has 0 radical (unpaired) electrons. The molecule has 3 rings (SSSR count). The van der Waals surface area contributed by atoms with Crippen molar-refractivity contribution in [2.75, 3.05) is 16.2 Å². The van der Waals surface area contributed by atoms with Crippen LogP contribution in [0.5, 0.6) is 0 Å². The van der Waals surface area contributed by atoms with Gasteiger partial charge in [-0.25, -0.2) is 8.42 Å². The van der Waals surface area contributed by atoms with Crippen LogP contribution < -0.4 is 9.62 Å². The third kappa shape index (κ3) is 5.71. The Bertz CT molecular complexity index is 1210. The molecule has 0 aliphatic carbocycles. The molecule has 0 saturated carbocycles. The van der Waals surface area contributed by atoms with Gasteiger partial charge in [-0.2, -0.15) is 0 Å². The summed E-state index contributed by atoms with van der Waals surface area (Å²) >= 11 is 18.2. The van der Waals surface area contributed by atoms with Crippen LogP contribution in [-0.4, -0.2) is 20.9 Å². The van der Waals surface area contributed by atoms with Crippen molar-refractivity contribution >= 4 is 62.1 Å². The number of sulfonamides is 1. The molecule has 162 valence electrons. The van der Waals surface area contributed by atoms with Crippen LogP contribution in [-0.2, 0) is 14.8 Å². The lowest BCUT2D eigenvalue weighted by molar-refractivity contribution is -0.114. The first-order valence-corrected chi connectivity index (χ1v) is 11.7.